The fourth-order valence-corrected chi connectivity index (χ4v) is 1.52. The highest BCUT2D eigenvalue weighted by Crippen LogP contribution is 2.37. The van der Waals surface area contributed by atoms with E-state index in [1.807, 2.05) is 0 Å². The molecule has 0 fully saturated rings. The largest absolute Gasteiger partial charge is 0.482 e. The average molecular weight is 262 g/mol. The second-order valence-electron chi connectivity index (χ2n) is 4.08. The number of benzene rings is 1. The zero-order chi connectivity index (χ0) is 13.9. The van der Waals surface area contributed by atoms with E-state index in [0.29, 0.717) is 0 Å². The summed E-state index contributed by atoms with van der Waals surface area (Å²) in [6.45, 7) is 2.64. The van der Waals surface area contributed by atoms with Crippen LogP contribution < -0.4 is 4.74 Å². The zero-order valence-corrected chi connectivity index (χ0v) is 9.91. The molecule has 0 bridgehead atoms. The number of carboxylic acids is 1. The number of ether oxygens (including phenoxy) is 1. The molecule has 0 amide bonds. The van der Waals surface area contributed by atoms with Crippen LogP contribution in [0.4, 0.5) is 13.2 Å². The molecule has 6 heteroatoms. The first-order valence-corrected chi connectivity index (χ1v) is 5.27. The molecule has 0 heterocycles. The van der Waals surface area contributed by atoms with E-state index in [9.17, 15) is 18.0 Å². The van der Waals surface area contributed by atoms with Crippen LogP contribution in [0, 0.1) is 0 Å². The van der Waals surface area contributed by atoms with Gasteiger partial charge in [-0.15, -0.1) is 0 Å². The Hall–Kier alpha value is -1.72. The molecule has 0 aliphatic carbocycles. The highest BCUT2D eigenvalue weighted by atomic mass is 19.4. The van der Waals surface area contributed by atoms with Crippen molar-refractivity contribution in [2.75, 3.05) is 6.61 Å². The number of alkyl halides is 3. The van der Waals surface area contributed by atoms with Crippen molar-refractivity contribution in [2.45, 2.75) is 25.9 Å². The van der Waals surface area contributed by atoms with Crippen molar-refractivity contribution < 1.29 is 27.8 Å². The fraction of sp³-hybridized carbons (Fsp3) is 0.417. The molecular formula is C12H13F3O3. The third-order valence-electron chi connectivity index (χ3n) is 2.31. The Kier molecular flexibility index (Phi) is 4.21. The van der Waals surface area contributed by atoms with Crippen LogP contribution in [0.15, 0.2) is 18.2 Å². The third-order valence-corrected chi connectivity index (χ3v) is 2.31. The molecule has 1 aromatic carbocycles. The summed E-state index contributed by atoms with van der Waals surface area (Å²) in [5, 5.41) is 8.40. The predicted octanol–water partition coefficient (Wildman–Crippen LogP) is 3.29. The fourth-order valence-electron chi connectivity index (χ4n) is 1.52. The van der Waals surface area contributed by atoms with E-state index >= 15 is 0 Å². The molecule has 0 radical (unpaired) electrons. The van der Waals surface area contributed by atoms with Gasteiger partial charge in [-0.2, -0.15) is 13.2 Å². The minimum absolute atomic E-state index is 0.103. The van der Waals surface area contributed by atoms with Crippen LogP contribution in [0.5, 0.6) is 5.75 Å². The van der Waals surface area contributed by atoms with E-state index in [2.05, 4.69) is 0 Å². The number of hydrogen-bond acceptors (Lipinski definition) is 2. The van der Waals surface area contributed by atoms with Gasteiger partial charge in [0.2, 0.25) is 0 Å². The normalized spacial score (nSPS) is 11.7. The van der Waals surface area contributed by atoms with Gasteiger partial charge in [0.05, 0.1) is 5.56 Å². The van der Waals surface area contributed by atoms with Crippen molar-refractivity contribution in [3.63, 3.8) is 0 Å². The highest BCUT2D eigenvalue weighted by Gasteiger charge is 2.34. The molecule has 0 atom stereocenters. The summed E-state index contributed by atoms with van der Waals surface area (Å²) < 4.78 is 43.2. The van der Waals surface area contributed by atoms with Gasteiger partial charge in [-0.05, 0) is 23.6 Å². The SMILES string of the molecule is CC(C)c1ccc(OCC(=O)O)cc1C(F)(F)F. The summed E-state index contributed by atoms with van der Waals surface area (Å²) >= 11 is 0. The van der Waals surface area contributed by atoms with Gasteiger partial charge in [0.25, 0.3) is 0 Å². The molecule has 18 heavy (non-hydrogen) atoms. The molecule has 0 saturated heterocycles. The maximum absolute atomic E-state index is 12.8. The molecule has 3 nitrogen and oxygen atoms in total. The van der Waals surface area contributed by atoms with E-state index in [0.717, 1.165) is 6.07 Å². The van der Waals surface area contributed by atoms with Crippen LogP contribution in [0.25, 0.3) is 0 Å². The maximum Gasteiger partial charge on any atom is 0.416 e. The summed E-state index contributed by atoms with van der Waals surface area (Å²) in [6, 6.07) is 3.48. The summed E-state index contributed by atoms with van der Waals surface area (Å²) in [6.07, 6.45) is -4.48. The maximum atomic E-state index is 12.8. The van der Waals surface area contributed by atoms with Crippen LogP contribution in [0.1, 0.15) is 30.9 Å². The molecule has 1 rings (SSSR count). The Morgan fingerprint density at radius 3 is 2.44 bits per heavy atom. The first kappa shape index (κ1) is 14.3. The predicted molar refractivity (Wildman–Crippen MR) is 58.7 cm³/mol. The summed E-state index contributed by atoms with van der Waals surface area (Å²) in [5.41, 5.74) is -0.634. The van der Waals surface area contributed by atoms with Gasteiger partial charge in [-0.3, -0.25) is 0 Å². The van der Waals surface area contributed by atoms with Gasteiger partial charge in [0.15, 0.2) is 6.61 Å². The second kappa shape index (κ2) is 5.29. The van der Waals surface area contributed by atoms with Crippen molar-refractivity contribution in [1.29, 1.82) is 0 Å². The zero-order valence-electron chi connectivity index (χ0n) is 9.91. The standard InChI is InChI=1S/C12H13F3O3/c1-7(2)9-4-3-8(18-6-11(16)17)5-10(9)12(13,14)15/h3-5,7H,6H2,1-2H3,(H,16,17). The molecule has 0 aliphatic rings. The molecule has 100 valence electrons. The average Bonchev–Trinajstić information content (AvgIpc) is 2.24. The van der Waals surface area contributed by atoms with Crippen molar-refractivity contribution >= 4 is 5.97 Å². The van der Waals surface area contributed by atoms with Gasteiger partial charge in [-0.1, -0.05) is 19.9 Å². The number of rotatable bonds is 4. The van der Waals surface area contributed by atoms with Crippen molar-refractivity contribution in [2.24, 2.45) is 0 Å². The minimum atomic E-state index is -4.48. The van der Waals surface area contributed by atoms with E-state index in [4.69, 9.17) is 9.84 Å². The monoisotopic (exact) mass is 262 g/mol. The van der Waals surface area contributed by atoms with E-state index in [1.54, 1.807) is 13.8 Å². The quantitative estimate of drug-likeness (QED) is 0.905. The van der Waals surface area contributed by atoms with Crippen LogP contribution in [0.2, 0.25) is 0 Å². The lowest BCUT2D eigenvalue weighted by molar-refractivity contribution is -0.139. The van der Waals surface area contributed by atoms with E-state index in [1.165, 1.54) is 12.1 Å². The van der Waals surface area contributed by atoms with Gasteiger partial charge < -0.3 is 9.84 Å². The first-order chi connectivity index (χ1) is 8.21. The van der Waals surface area contributed by atoms with Gasteiger partial charge in [-0.25, -0.2) is 4.79 Å². The molecule has 1 N–H and O–H groups in total. The molecular weight excluding hydrogens is 249 g/mol. The highest BCUT2D eigenvalue weighted by molar-refractivity contribution is 5.68. The van der Waals surface area contributed by atoms with Gasteiger partial charge in [0.1, 0.15) is 5.75 Å². The van der Waals surface area contributed by atoms with Crippen molar-refractivity contribution in [3.8, 4) is 5.75 Å². The summed E-state index contributed by atoms with van der Waals surface area (Å²) in [5.74, 6) is -1.62. The number of carbonyl (C=O) groups is 1. The van der Waals surface area contributed by atoms with Crippen molar-refractivity contribution in [1.82, 2.24) is 0 Å². The Bertz CT molecular complexity index is 439. The summed E-state index contributed by atoms with van der Waals surface area (Å²) in [7, 11) is 0. The van der Waals surface area contributed by atoms with Crippen LogP contribution in [-0.4, -0.2) is 17.7 Å². The lowest BCUT2D eigenvalue weighted by Crippen LogP contribution is -2.13. The molecule has 0 aliphatic heterocycles. The molecule has 1 aromatic rings. The minimum Gasteiger partial charge on any atom is -0.482 e. The third kappa shape index (κ3) is 3.65. The van der Waals surface area contributed by atoms with Crippen molar-refractivity contribution in [3.05, 3.63) is 29.3 Å². The summed E-state index contributed by atoms with van der Waals surface area (Å²) in [4.78, 5) is 10.3. The Morgan fingerprint density at radius 2 is 2.00 bits per heavy atom. The van der Waals surface area contributed by atoms with Crippen LogP contribution >= 0.6 is 0 Å². The lowest BCUT2D eigenvalue weighted by atomic mass is 9.96. The van der Waals surface area contributed by atoms with E-state index < -0.39 is 24.3 Å². The number of aliphatic carboxylic acids is 1. The number of hydrogen-bond donors (Lipinski definition) is 1. The molecule has 0 spiro atoms. The Morgan fingerprint density at radius 1 is 1.39 bits per heavy atom. The molecule has 0 unspecified atom stereocenters. The Labute approximate surface area is 102 Å². The molecule has 0 aromatic heterocycles. The smallest absolute Gasteiger partial charge is 0.416 e. The lowest BCUT2D eigenvalue weighted by Gasteiger charge is -2.16. The number of carboxylic acid groups (broad SMARTS) is 1. The van der Waals surface area contributed by atoms with Crippen LogP contribution in [0.3, 0.4) is 0 Å². The first-order valence-electron chi connectivity index (χ1n) is 5.27. The Balaban J connectivity index is 3.10. The second-order valence-corrected chi connectivity index (χ2v) is 4.08. The van der Waals surface area contributed by atoms with Crippen LogP contribution in [-0.2, 0) is 11.0 Å². The van der Waals surface area contributed by atoms with Gasteiger partial charge >= 0.3 is 12.1 Å². The topological polar surface area (TPSA) is 46.5 Å². The molecule has 0 saturated carbocycles. The van der Waals surface area contributed by atoms with Gasteiger partial charge in [0, 0.05) is 0 Å². The van der Waals surface area contributed by atoms with E-state index in [-0.39, 0.29) is 17.2 Å². The number of halogens is 3.